The van der Waals surface area contributed by atoms with Crippen LogP contribution in [0.4, 0.5) is 13.2 Å². The van der Waals surface area contributed by atoms with Crippen LogP contribution in [0, 0.1) is 17.8 Å². The molecule has 0 amide bonds. The molecule has 0 radical (unpaired) electrons. The first-order valence-electron chi connectivity index (χ1n) is 10.1. The number of hydrogen-bond acceptors (Lipinski definition) is 2. The highest BCUT2D eigenvalue weighted by molar-refractivity contribution is 5.80. The van der Waals surface area contributed by atoms with E-state index in [1.165, 1.54) is 17.7 Å². The summed E-state index contributed by atoms with van der Waals surface area (Å²) >= 11 is 0. The summed E-state index contributed by atoms with van der Waals surface area (Å²) in [5.41, 5.74) is 0. The number of aliphatic imine (C=N–C) groups is 1. The summed E-state index contributed by atoms with van der Waals surface area (Å²) in [7, 11) is 0. The van der Waals surface area contributed by atoms with E-state index in [4.69, 9.17) is 0 Å². The standard InChI is InChI=1S/C19H35F3N4/c1-4-23-18(25-17-7-5-16(6-8-17)14(2)3)24-11-15-9-10-26(12-15)13-19(20,21)22/h14-17H,4-13H2,1-3H3,(H2,23,24,25). The van der Waals surface area contributed by atoms with Gasteiger partial charge in [0.2, 0.25) is 0 Å². The summed E-state index contributed by atoms with van der Waals surface area (Å²) in [6.45, 7) is 8.22. The van der Waals surface area contributed by atoms with Gasteiger partial charge in [-0.25, -0.2) is 0 Å². The molecule has 0 aromatic carbocycles. The minimum absolute atomic E-state index is 0.212. The van der Waals surface area contributed by atoms with E-state index in [0.717, 1.165) is 43.6 Å². The number of rotatable bonds is 6. The summed E-state index contributed by atoms with van der Waals surface area (Å²) in [5, 5.41) is 6.82. The Bertz CT molecular complexity index is 443. The molecule has 2 N–H and O–H groups in total. The van der Waals surface area contributed by atoms with Gasteiger partial charge in [0.05, 0.1) is 6.54 Å². The molecule has 4 nitrogen and oxygen atoms in total. The molecule has 152 valence electrons. The highest BCUT2D eigenvalue weighted by Crippen LogP contribution is 2.29. The number of likely N-dealkylation sites (tertiary alicyclic amines) is 1. The summed E-state index contributed by atoms with van der Waals surface area (Å²) < 4.78 is 37.5. The van der Waals surface area contributed by atoms with E-state index < -0.39 is 12.7 Å². The lowest BCUT2D eigenvalue weighted by molar-refractivity contribution is -0.143. The molecule has 1 aliphatic heterocycles. The molecule has 7 heteroatoms. The summed E-state index contributed by atoms with van der Waals surface area (Å²) in [5.74, 6) is 2.60. The van der Waals surface area contributed by atoms with E-state index in [-0.39, 0.29) is 5.92 Å². The van der Waals surface area contributed by atoms with Gasteiger partial charge in [-0.05, 0) is 63.3 Å². The van der Waals surface area contributed by atoms with Gasteiger partial charge in [0.15, 0.2) is 5.96 Å². The molecular weight excluding hydrogens is 341 g/mol. The molecule has 0 aromatic rings. The van der Waals surface area contributed by atoms with Crippen LogP contribution >= 0.6 is 0 Å². The summed E-state index contributed by atoms with van der Waals surface area (Å²) in [4.78, 5) is 6.15. The number of hydrogen-bond donors (Lipinski definition) is 2. The second-order valence-electron chi connectivity index (χ2n) is 8.22. The SMILES string of the molecule is CCNC(=NCC1CCN(CC(F)(F)F)C1)NC1CCC(C(C)C)CC1. The molecule has 1 unspecified atom stereocenters. The maximum absolute atomic E-state index is 12.5. The molecule has 1 saturated heterocycles. The molecule has 2 fully saturated rings. The van der Waals surface area contributed by atoms with Crippen LogP contribution in [0.15, 0.2) is 4.99 Å². The zero-order valence-corrected chi connectivity index (χ0v) is 16.4. The minimum Gasteiger partial charge on any atom is -0.357 e. The van der Waals surface area contributed by atoms with Gasteiger partial charge in [0.1, 0.15) is 0 Å². The fraction of sp³-hybridized carbons (Fsp3) is 0.947. The van der Waals surface area contributed by atoms with Crippen LogP contribution in [0.25, 0.3) is 0 Å². The number of guanidine groups is 1. The molecular formula is C19H35F3N4. The number of nitrogens with one attached hydrogen (secondary N) is 2. The fourth-order valence-electron chi connectivity index (χ4n) is 4.12. The van der Waals surface area contributed by atoms with Gasteiger partial charge in [0, 0.05) is 25.7 Å². The summed E-state index contributed by atoms with van der Waals surface area (Å²) in [6, 6.07) is 0.452. The molecule has 2 aliphatic rings. The van der Waals surface area contributed by atoms with Crippen molar-refractivity contribution in [1.82, 2.24) is 15.5 Å². The van der Waals surface area contributed by atoms with E-state index in [2.05, 4.69) is 29.5 Å². The van der Waals surface area contributed by atoms with E-state index >= 15 is 0 Å². The van der Waals surface area contributed by atoms with Crippen molar-refractivity contribution in [2.24, 2.45) is 22.7 Å². The first-order valence-corrected chi connectivity index (χ1v) is 10.1. The van der Waals surface area contributed by atoms with E-state index in [0.29, 0.717) is 25.7 Å². The highest BCUT2D eigenvalue weighted by Gasteiger charge is 2.34. The van der Waals surface area contributed by atoms with Crippen molar-refractivity contribution in [3.05, 3.63) is 0 Å². The van der Waals surface area contributed by atoms with Crippen molar-refractivity contribution in [1.29, 1.82) is 0 Å². The summed E-state index contributed by atoms with van der Waals surface area (Å²) in [6.07, 6.45) is 1.52. The van der Waals surface area contributed by atoms with Crippen LogP contribution in [0.1, 0.15) is 52.9 Å². The lowest BCUT2D eigenvalue weighted by Crippen LogP contribution is -2.45. The first kappa shape index (κ1) is 21.3. The smallest absolute Gasteiger partial charge is 0.357 e. The van der Waals surface area contributed by atoms with Crippen LogP contribution in [0.3, 0.4) is 0 Å². The molecule has 1 aliphatic carbocycles. The Balaban J connectivity index is 1.78. The van der Waals surface area contributed by atoms with Crippen molar-refractivity contribution < 1.29 is 13.2 Å². The lowest BCUT2D eigenvalue weighted by atomic mass is 9.80. The average Bonchev–Trinajstić information content (AvgIpc) is 2.98. The maximum Gasteiger partial charge on any atom is 0.401 e. The Kier molecular flexibility index (Phi) is 8.05. The van der Waals surface area contributed by atoms with Gasteiger partial charge in [-0.2, -0.15) is 13.2 Å². The van der Waals surface area contributed by atoms with Crippen LogP contribution in [-0.4, -0.2) is 55.8 Å². The number of halogens is 3. The topological polar surface area (TPSA) is 39.7 Å². The van der Waals surface area contributed by atoms with E-state index in [1.54, 1.807) is 0 Å². The number of alkyl halides is 3. The van der Waals surface area contributed by atoms with Crippen molar-refractivity contribution in [2.75, 3.05) is 32.7 Å². The molecule has 0 aromatic heterocycles. The zero-order chi connectivity index (χ0) is 19.2. The van der Waals surface area contributed by atoms with Crippen molar-refractivity contribution in [3.63, 3.8) is 0 Å². The van der Waals surface area contributed by atoms with E-state index in [1.807, 2.05) is 6.92 Å². The van der Waals surface area contributed by atoms with Crippen LogP contribution in [0.2, 0.25) is 0 Å². The average molecular weight is 377 g/mol. The fourth-order valence-corrected chi connectivity index (χ4v) is 4.12. The van der Waals surface area contributed by atoms with Crippen LogP contribution in [0.5, 0.6) is 0 Å². The third-order valence-electron chi connectivity index (χ3n) is 5.68. The van der Waals surface area contributed by atoms with Crippen molar-refractivity contribution >= 4 is 5.96 Å². The largest absolute Gasteiger partial charge is 0.401 e. The second kappa shape index (κ2) is 9.81. The maximum atomic E-state index is 12.5. The van der Waals surface area contributed by atoms with Gasteiger partial charge >= 0.3 is 6.18 Å². The molecule has 1 atom stereocenters. The monoisotopic (exact) mass is 376 g/mol. The highest BCUT2D eigenvalue weighted by atomic mass is 19.4. The zero-order valence-electron chi connectivity index (χ0n) is 16.4. The first-order chi connectivity index (χ1) is 12.3. The molecule has 1 saturated carbocycles. The van der Waals surface area contributed by atoms with Crippen molar-refractivity contribution in [3.8, 4) is 0 Å². The predicted octanol–water partition coefficient (Wildman–Crippen LogP) is 3.64. The van der Waals surface area contributed by atoms with Gasteiger partial charge < -0.3 is 10.6 Å². The number of nitrogens with zero attached hydrogens (tertiary/aromatic N) is 2. The Morgan fingerprint density at radius 1 is 1.15 bits per heavy atom. The third-order valence-corrected chi connectivity index (χ3v) is 5.68. The van der Waals surface area contributed by atoms with Crippen LogP contribution < -0.4 is 10.6 Å². The van der Waals surface area contributed by atoms with Gasteiger partial charge in [-0.3, -0.25) is 9.89 Å². The molecule has 26 heavy (non-hydrogen) atoms. The van der Waals surface area contributed by atoms with Gasteiger partial charge in [-0.15, -0.1) is 0 Å². The lowest BCUT2D eigenvalue weighted by Gasteiger charge is -2.32. The molecule has 1 heterocycles. The second-order valence-corrected chi connectivity index (χ2v) is 8.22. The predicted molar refractivity (Wildman–Crippen MR) is 100 cm³/mol. The van der Waals surface area contributed by atoms with E-state index in [9.17, 15) is 13.2 Å². The minimum atomic E-state index is -4.11. The third kappa shape index (κ3) is 7.33. The van der Waals surface area contributed by atoms with Crippen molar-refractivity contribution in [2.45, 2.75) is 65.1 Å². The quantitative estimate of drug-likeness (QED) is 0.549. The van der Waals surface area contributed by atoms with Crippen LogP contribution in [-0.2, 0) is 0 Å². The normalized spacial score (nSPS) is 28.6. The van der Waals surface area contributed by atoms with Gasteiger partial charge in [-0.1, -0.05) is 13.8 Å². The molecule has 2 rings (SSSR count). The molecule has 0 bridgehead atoms. The molecule has 0 spiro atoms. The Morgan fingerprint density at radius 3 is 2.42 bits per heavy atom. The van der Waals surface area contributed by atoms with Gasteiger partial charge in [0.25, 0.3) is 0 Å². The Labute approximate surface area is 156 Å². The Hall–Kier alpha value is -0.980. The Morgan fingerprint density at radius 2 is 1.85 bits per heavy atom.